The predicted octanol–water partition coefficient (Wildman–Crippen LogP) is 6.05. The van der Waals surface area contributed by atoms with E-state index in [0.717, 1.165) is 24.0 Å². The van der Waals surface area contributed by atoms with Crippen LogP contribution in [0, 0.1) is 6.92 Å². The summed E-state index contributed by atoms with van der Waals surface area (Å²) in [6.45, 7) is 9.78. The number of hydrogen-bond acceptors (Lipinski definition) is 4. The maximum atomic E-state index is 12.7. The first kappa shape index (κ1) is 23.7. The molecule has 0 aliphatic carbocycles. The van der Waals surface area contributed by atoms with Gasteiger partial charge in [0.05, 0.1) is 18.2 Å². The number of carbonyl (C=O) groups is 2. The van der Waals surface area contributed by atoms with Crippen molar-refractivity contribution in [3.8, 4) is 5.75 Å². The van der Waals surface area contributed by atoms with Crippen LogP contribution in [0.5, 0.6) is 5.75 Å². The van der Waals surface area contributed by atoms with Crippen molar-refractivity contribution in [2.24, 2.45) is 0 Å². The Morgan fingerprint density at radius 1 is 0.788 bits per heavy atom. The Balaban J connectivity index is 1.79. The van der Waals surface area contributed by atoms with Gasteiger partial charge >= 0.3 is 11.9 Å². The van der Waals surface area contributed by atoms with E-state index in [1.54, 1.807) is 30.3 Å². The normalized spacial score (nSPS) is 10.4. The van der Waals surface area contributed by atoms with Crippen LogP contribution in [-0.2, 0) is 24.0 Å². The maximum absolute atomic E-state index is 12.7. The Morgan fingerprint density at radius 2 is 1.33 bits per heavy atom. The molecule has 0 unspecified atom stereocenters. The molecule has 0 N–H and O–H groups in total. The second-order valence-corrected chi connectivity index (χ2v) is 7.82. The largest absolute Gasteiger partial charge is 0.465 e. The fraction of sp³-hybridized carbons (Fsp3) is 0.172. The summed E-state index contributed by atoms with van der Waals surface area (Å²) < 4.78 is 10.4. The van der Waals surface area contributed by atoms with Gasteiger partial charge in [-0.15, -0.1) is 13.2 Å². The molecule has 4 heteroatoms. The molecule has 0 saturated heterocycles. The van der Waals surface area contributed by atoms with E-state index in [1.807, 2.05) is 18.2 Å². The highest BCUT2D eigenvalue weighted by atomic mass is 16.5. The standard InChI is InChI=1S/C29H28O4/c1-5-7-25-18-21(10-9-20(25)3)17-22-11-16-27(26(19-22)8-6-2)33-29(31)24-14-12-23(13-15-24)28(30)32-4/h5-6,9-16,18-19H,1-2,7-8,17H2,3-4H3. The van der Waals surface area contributed by atoms with Gasteiger partial charge in [-0.3, -0.25) is 0 Å². The van der Waals surface area contributed by atoms with E-state index in [1.165, 1.54) is 23.8 Å². The summed E-state index contributed by atoms with van der Waals surface area (Å²) in [5.41, 5.74) is 6.50. The van der Waals surface area contributed by atoms with Gasteiger partial charge < -0.3 is 9.47 Å². The number of rotatable bonds is 9. The van der Waals surface area contributed by atoms with E-state index >= 15 is 0 Å². The van der Waals surface area contributed by atoms with Crippen molar-refractivity contribution in [3.05, 3.63) is 125 Å². The molecule has 33 heavy (non-hydrogen) atoms. The predicted molar refractivity (Wildman–Crippen MR) is 131 cm³/mol. The first-order valence-electron chi connectivity index (χ1n) is 10.8. The number of benzene rings is 3. The van der Waals surface area contributed by atoms with E-state index < -0.39 is 11.9 Å². The van der Waals surface area contributed by atoms with Crippen LogP contribution in [0.2, 0.25) is 0 Å². The molecule has 0 bridgehead atoms. The first-order valence-corrected chi connectivity index (χ1v) is 10.8. The monoisotopic (exact) mass is 440 g/mol. The van der Waals surface area contributed by atoms with Crippen molar-refractivity contribution in [1.29, 1.82) is 0 Å². The van der Waals surface area contributed by atoms with Gasteiger partial charge in [-0.1, -0.05) is 42.5 Å². The van der Waals surface area contributed by atoms with Crippen molar-refractivity contribution in [1.82, 2.24) is 0 Å². The number of hydrogen-bond donors (Lipinski definition) is 0. The van der Waals surface area contributed by atoms with Crippen LogP contribution in [0.4, 0.5) is 0 Å². The highest BCUT2D eigenvalue weighted by Gasteiger charge is 2.14. The Hall–Kier alpha value is -3.92. The zero-order valence-electron chi connectivity index (χ0n) is 19.1. The summed E-state index contributed by atoms with van der Waals surface area (Å²) in [7, 11) is 1.31. The summed E-state index contributed by atoms with van der Waals surface area (Å²) in [4.78, 5) is 24.2. The van der Waals surface area contributed by atoms with Gasteiger partial charge in [0.2, 0.25) is 0 Å². The lowest BCUT2D eigenvalue weighted by atomic mass is 9.96. The Bertz CT molecular complexity index is 1170. The number of allylic oxidation sites excluding steroid dienone is 2. The molecule has 0 heterocycles. The van der Waals surface area contributed by atoms with E-state index in [0.29, 0.717) is 23.3 Å². The van der Waals surface area contributed by atoms with E-state index in [4.69, 9.17) is 4.74 Å². The SMILES string of the molecule is C=CCc1cc(Cc2ccc(OC(=O)c3ccc(C(=O)OC)cc3)c(CC=C)c2)ccc1C. The van der Waals surface area contributed by atoms with Crippen LogP contribution in [-0.4, -0.2) is 19.0 Å². The summed E-state index contributed by atoms with van der Waals surface area (Å²) in [5.74, 6) is -0.446. The number of methoxy groups -OCH3 is 1. The molecule has 0 radical (unpaired) electrons. The molecule has 4 nitrogen and oxygen atoms in total. The lowest BCUT2D eigenvalue weighted by Crippen LogP contribution is -2.11. The Kier molecular flexibility index (Phi) is 7.98. The smallest absolute Gasteiger partial charge is 0.343 e. The van der Waals surface area contributed by atoms with Gasteiger partial charge in [-0.25, -0.2) is 9.59 Å². The average Bonchev–Trinajstić information content (AvgIpc) is 2.82. The molecular weight excluding hydrogens is 412 g/mol. The van der Waals surface area contributed by atoms with Gasteiger partial charge in [-0.2, -0.15) is 0 Å². The average molecular weight is 441 g/mol. The molecule has 0 aliphatic rings. The number of carbonyl (C=O) groups excluding carboxylic acids is 2. The van der Waals surface area contributed by atoms with E-state index in [2.05, 4.69) is 49.1 Å². The van der Waals surface area contributed by atoms with E-state index in [-0.39, 0.29) is 0 Å². The van der Waals surface area contributed by atoms with Crippen LogP contribution >= 0.6 is 0 Å². The van der Waals surface area contributed by atoms with Crippen molar-refractivity contribution < 1.29 is 19.1 Å². The number of aryl methyl sites for hydroxylation is 1. The molecule has 3 rings (SSSR count). The topological polar surface area (TPSA) is 52.6 Å². The lowest BCUT2D eigenvalue weighted by molar-refractivity contribution is 0.0599. The van der Waals surface area contributed by atoms with Gasteiger partial charge in [0.1, 0.15) is 5.75 Å². The summed E-state index contributed by atoms with van der Waals surface area (Å²) >= 11 is 0. The Labute approximate surface area is 195 Å². The maximum Gasteiger partial charge on any atom is 0.343 e. The first-order chi connectivity index (χ1) is 15.9. The van der Waals surface area contributed by atoms with Crippen LogP contribution < -0.4 is 4.74 Å². The highest BCUT2D eigenvalue weighted by molar-refractivity contribution is 5.94. The van der Waals surface area contributed by atoms with Crippen molar-refractivity contribution >= 4 is 11.9 Å². The molecule has 168 valence electrons. The molecule has 3 aromatic rings. The third-order valence-electron chi connectivity index (χ3n) is 5.42. The Morgan fingerprint density at radius 3 is 1.94 bits per heavy atom. The molecular formula is C29H28O4. The third kappa shape index (κ3) is 6.07. The molecule has 0 atom stereocenters. The van der Waals surface area contributed by atoms with Gasteiger partial charge in [0.25, 0.3) is 0 Å². The summed E-state index contributed by atoms with van der Waals surface area (Å²) in [6.07, 6.45) is 5.90. The number of ether oxygens (including phenoxy) is 2. The summed E-state index contributed by atoms with van der Waals surface area (Å²) in [6, 6.07) is 18.5. The fourth-order valence-corrected chi connectivity index (χ4v) is 3.62. The van der Waals surface area contributed by atoms with Crippen LogP contribution in [0.25, 0.3) is 0 Å². The molecule has 0 amide bonds. The summed E-state index contributed by atoms with van der Waals surface area (Å²) in [5, 5.41) is 0. The van der Waals surface area contributed by atoms with Crippen LogP contribution in [0.1, 0.15) is 48.5 Å². The van der Waals surface area contributed by atoms with Crippen molar-refractivity contribution in [3.63, 3.8) is 0 Å². The zero-order chi connectivity index (χ0) is 23.8. The molecule has 0 saturated carbocycles. The molecule has 0 fully saturated rings. The third-order valence-corrected chi connectivity index (χ3v) is 5.42. The van der Waals surface area contributed by atoms with Crippen molar-refractivity contribution in [2.45, 2.75) is 26.2 Å². The molecule has 0 aliphatic heterocycles. The minimum absolute atomic E-state index is 0.352. The minimum atomic E-state index is -0.489. The quantitative estimate of drug-likeness (QED) is 0.231. The highest BCUT2D eigenvalue weighted by Crippen LogP contribution is 2.25. The number of esters is 2. The van der Waals surface area contributed by atoms with Crippen LogP contribution in [0.15, 0.2) is 86.0 Å². The second kappa shape index (κ2) is 11.1. The van der Waals surface area contributed by atoms with E-state index in [9.17, 15) is 9.59 Å². The van der Waals surface area contributed by atoms with Gasteiger partial charge in [0, 0.05) is 0 Å². The van der Waals surface area contributed by atoms with Gasteiger partial charge in [-0.05, 0) is 84.3 Å². The van der Waals surface area contributed by atoms with Crippen LogP contribution in [0.3, 0.4) is 0 Å². The molecule has 3 aromatic carbocycles. The fourth-order valence-electron chi connectivity index (χ4n) is 3.62. The second-order valence-electron chi connectivity index (χ2n) is 7.82. The zero-order valence-corrected chi connectivity index (χ0v) is 19.1. The van der Waals surface area contributed by atoms with Crippen molar-refractivity contribution in [2.75, 3.05) is 7.11 Å². The van der Waals surface area contributed by atoms with Gasteiger partial charge in [0.15, 0.2) is 0 Å². The molecule has 0 spiro atoms. The minimum Gasteiger partial charge on any atom is -0.465 e. The lowest BCUT2D eigenvalue weighted by Gasteiger charge is -2.12. The molecule has 0 aromatic heterocycles.